The molecule has 0 bridgehead atoms. The van der Waals surface area contributed by atoms with Crippen molar-refractivity contribution in [2.24, 2.45) is 0 Å². The number of nitrogens with zero attached hydrogens (tertiary/aromatic N) is 2. The highest BCUT2D eigenvalue weighted by atomic mass is 14.7. The number of pyridine rings is 2. The van der Waals surface area contributed by atoms with E-state index < -0.39 is 0 Å². The molecule has 0 aliphatic heterocycles. The minimum atomic E-state index is 1.05. The Hall–Kier alpha value is -1.96. The van der Waals surface area contributed by atoms with Crippen LogP contribution >= 0.6 is 0 Å². The van der Waals surface area contributed by atoms with Crippen LogP contribution in [0.25, 0.3) is 21.5 Å². The molecule has 2 nitrogen and oxygen atoms in total. The average molecular weight is 222 g/mol. The van der Waals surface area contributed by atoms with Crippen LogP contribution in [0, 0.1) is 20.8 Å². The summed E-state index contributed by atoms with van der Waals surface area (Å²) in [6.45, 7) is 6.13. The molecule has 1 aromatic carbocycles. The molecule has 17 heavy (non-hydrogen) atoms. The first kappa shape index (κ1) is 10.2. The maximum Gasteiger partial charge on any atom is 0.0460 e. The third kappa shape index (κ3) is 1.57. The molecule has 3 rings (SSSR count). The van der Waals surface area contributed by atoms with Crippen LogP contribution < -0.4 is 0 Å². The lowest BCUT2D eigenvalue weighted by atomic mass is 10.0. The Kier molecular flexibility index (Phi) is 2.11. The highest BCUT2D eigenvalue weighted by Gasteiger charge is 2.05. The molecule has 0 fully saturated rings. The molecule has 0 aliphatic carbocycles. The molecular weight excluding hydrogens is 208 g/mol. The lowest BCUT2D eigenvalue weighted by Gasteiger charge is -2.08. The number of rotatable bonds is 0. The van der Waals surface area contributed by atoms with Crippen molar-refractivity contribution in [1.29, 1.82) is 0 Å². The highest BCUT2D eigenvalue weighted by molar-refractivity contribution is 6.08. The minimum Gasteiger partial charge on any atom is -0.261 e. The summed E-state index contributed by atoms with van der Waals surface area (Å²) < 4.78 is 0. The molecule has 0 amide bonds. The zero-order chi connectivity index (χ0) is 12.0. The van der Waals surface area contributed by atoms with Gasteiger partial charge in [-0.15, -0.1) is 0 Å². The van der Waals surface area contributed by atoms with Crippen LogP contribution in [0.15, 0.2) is 30.5 Å². The van der Waals surface area contributed by atoms with E-state index in [1.54, 1.807) is 0 Å². The van der Waals surface area contributed by atoms with E-state index in [1.165, 1.54) is 21.5 Å². The van der Waals surface area contributed by atoms with Gasteiger partial charge in [-0.05, 0) is 43.7 Å². The monoisotopic (exact) mass is 222 g/mol. The molecule has 0 unspecified atom stereocenters. The van der Waals surface area contributed by atoms with Crippen LogP contribution in [-0.2, 0) is 0 Å². The summed E-state index contributed by atoms with van der Waals surface area (Å²) in [6.07, 6.45) is 1.93. The Labute approximate surface area is 100 Å². The number of fused-ring (bicyclic) bond motifs is 3. The lowest BCUT2D eigenvalue weighted by Crippen LogP contribution is -1.90. The van der Waals surface area contributed by atoms with Crippen LogP contribution in [0.5, 0.6) is 0 Å². The summed E-state index contributed by atoms with van der Waals surface area (Å²) in [4.78, 5) is 8.90. The molecule has 2 heterocycles. The standard InChI is InChI=1S/C15H14N2/c1-9-7-14-13(8-16-9)5-4-12-6-10(2)17-11(3)15(12)14/h4-8H,1-3H3. The summed E-state index contributed by atoms with van der Waals surface area (Å²) in [7, 11) is 0. The molecule has 0 saturated carbocycles. The maximum absolute atomic E-state index is 4.56. The van der Waals surface area contributed by atoms with E-state index in [1.807, 2.05) is 20.0 Å². The summed E-state index contributed by atoms with van der Waals surface area (Å²) in [5, 5.41) is 4.93. The summed E-state index contributed by atoms with van der Waals surface area (Å²) >= 11 is 0. The molecule has 0 atom stereocenters. The molecule has 0 spiro atoms. The molecular formula is C15H14N2. The Morgan fingerprint density at radius 3 is 2.47 bits per heavy atom. The van der Waals surface area contributed by atoms with Crippen molar-refractivity contribution < 1.29 is 0 Å². The zero-order valence-electron chi connectivity index (χ0n) is 10.3. The van der Waals surface area contributed by atoms with Gasteiger partial charge >= 0.3 is 0 Å². The average Bonchev–Trinajstić information content (AvgIpc) is 2.27. The van der Waals surface area contributed by atoms with Crippen molar-refractivity contribution in [1.82, 2.24) is 9.97 Å². The predicted octanol–water partition coefficient (Wildman–Crippen LogP) is 3.71. The van der Waals surface area contributed by atoms with E-state index >= 15 is 0 Å². The van der Waals surface area contributed by atoms with Crippen molar-refractivity contribution in [3.8, 4) is 0 Å². The fourth-order valence-corrected chi connectivity index (χ4v) is 2.44. The Morgan fingerprint density at radius 2 is 1.65 bits per heavy atom. The van der Waals surface area contributed by atoms with Crippen LogP contribution in [-0.4, -0.2) is 9.97 Å². The smallest absolute Gasteiger partial charge is 0.0460 e. The fourth-order valence-electron chi connectivity index (χ4n) is 2.44. The van der Waals surface area contributed by atoms with Gasteiger partial charge in [0.15, 0.2) is 0 Å². The van der Waals surface area contributed by atoms with Crippen molar-refractivity contribution in [2.45, 2.75) is 20.8 Å². The van der Waals surface area contributed by atoms with E-state index in [2.05, 4.69) is 41.2 Å². The third-order valence-electron chi connectivity index (χ3n) is 3.14. The van der Waals surface area contributed by atoms with Crippen LogP contribution in [0.3, 0.4) is 0 Å². The molecule has 2 heteroatoms. The van der Waals surface area contributed by atoms with E-state index in [0.717, 1.165) is 17.1 Å². The van der Waals surface area contributed by atoms with Crippen molar-refractivity contribution in [2.75, 3.05) is 0 Å². The van der Waals surface area contributed by atoms with Crippen molar-refractivity contribution in [3.63, 3.8) is 0 Å². The van der Waals surface area contributed by atoms with E-state index in [9.17, 15) is 0 Å². The molecule has 3 aromatic rings. The number of aromatic nitrogens is 2. The van der Waals surface area contributed by atoms with Gasteiger partial charge in [0.2, 0.25) is 0 Å². The quantitative estimate of drug-likeness (QED) is 0.542. The number of aryl methyl sites for hydroxylation is 3. The van der Waals surface area contributed by atoms with Crippen LogP contribution in [0.4, 0.5) is 0 Å². The molecule has 84 valence electrons. The molecule has 2 aromatic heterocycles. The van der Waals surface area contributed by atoms with Gasteiger partial charge in [-0.1, -0.05) is 12.1 Å². The van der Waals surface area contributed by atoms with Gasteiger partial charge in [0.05, 0.1) is 0 Å². The summed E-state index contributed by atoms with van der Waals surface area (Å²) in [6, 6.07) is 8.55. The first-order chi connectivity index (χ1) is 8.15. The molecule has 0 saturated heterocycles. The first-order valence-corrected chi connectivity index (χ1v) is 5.78. The summed E-state index contributed by atoms with van der Waals surface area (Å²) in [5.74, 6) is 0. The van der Waals surface area contributed by atoms with Gasteiger partial charge in [-0.3, -0.25) is 9.97 Å². The van der Waals surface area contributed by atoms with Gasteiger partial charge in [-0.2, -0.15) is 0 Å². The second-order valence-electron chi connectivity index (χ2n) is 4.56. The van der Waals surface area contributed by atoms with E-state index in [4.69, 9.17) is 0 Å². The fraction of sp³-hybridized carbons (Fsp3) is 0.200. The molecule has 0 radical (unpaired) electrons. The second-order valence-corrected chi connectivity index (χ2v) is 4.56. The van der Waals surface area contributed by atoms with Gasteiger partial charge < -0.3 is 0 Å². The number of hydrogen-bond acceptors (Lipinski definition) is 2. The SMILES string of the molecule is Cc1cc2c(ccc3cc(C)nc(C)c32)cn1. The zero-order valence-corrected chi connectivity index (χ0v) is 10.3. The molecule has 0 N–H and O–H groups in total. The lowest BCUT2D eigenvalue weighted by molar-refractivity contribution is 1.15. The number of benzene rings is 1. The molecule has 0 aliphatic rings. The van der Waals surface area contributed by atoms with E-state index in [0.29, 0.717) is 0 Å². The topological polar surface area (TPSA) is 25.8 Å². The van der Waals surface area contributed by atoms with Gasteiger partial charge in [0, 0.05) is 34.1 Å². The highest BCUT2D eigenvalue weighted by Crippen LogP contribution is 2.27. The Morgan fingerprint density at radius 1 is 0.882 bits per heavy atom. The second kappa shape index (κ2) is 3.52. The van der Waals surface area contributed by atoms with Gasteiger partial charge in [-0.25, -0.2) is 0 Å². The third-order valence-corrected chi connectivity index (χ3v) is 3.14. The predicted molar refractivity (Wildman–Crippen MR) is 71.3 cm³/mol. The van der Waals surface area contributed by atoms with Crippen molar-refractivity contribution >= 4 is 21.5 Å². The van der Waals surface area contributed by atoms with Gasteiger partial charge in [0.25, 0.3) is 0 Å². The van der Waals surface area contributed by atoms with Crippen LogP contribution in [0.2, 0.25) is 0 Å². The van der Waals surface area contributed by atoms with Crippen LogP contribution in [0.1, 0.15) is 17.1 Å². The Balaban J connectivity index is 2.58. The van der Waals surface area contributed by atoms with Crippen molar-refractivity contribution in [3.05, 3.63) is 47.5 Å². The normalized spacial score (nSPS) is 11.2. The van der Waals surface area contributed by atoms with Gasteiger partial charge in [0.1, 0.15) is 0 Å². The first-order valence-electron chi connectivity index (χ1n) is 5.78. The van der Waals surface area contributed by atoms with E-state index in [-0.39, 0.29) is 0 Å². The minimum absolute atomic E-state index is 1.05. The number of hydrogen-bond donors (Lipinski definition) is 0. The largest absolute Gasteiger partial charge is 0.261 e. The maximum atomic E-state index is 4.56. The Bertz CT molecular complexity index is 730. The summed E-state index contributed by atoms with van der Waals surface area (Å²) in [5.41, 5.74) is 3.21.